The van der Waals surface area contributed by atoms with E-state index in [0.29, 0.717) is 5.76 Å². The number of carbonyl (C=O) groups is 1. The molecule has 1 heterocycles. The van der Waals surface area contributed by atoms with Gasteiger partial charge in [-0.15, -0.1) is 0 Å². The lowest BCUT2D eigenvalue weighted by Gasteiger charge is -2.36. The van der Waals surface area contributed by atoms with E-state index in [0.717, 1.165) is 41.0 Å². The van der Waals surface area contributed by atoms with Crippen molar-refractivity contribution < 1.29 is 18.5 Å². The summed E-state index contributed by atoms with van der Waals surface area (Å²) in [6.07, 6.45) is 1.44. The van der Waals surface area contributed by atoms with Crippen molar-refractivity contribution in [3.05, 3.63) is 60.4 Å². The fraction of sp³-hybridized carbons (Fsp3) is 0.407. The van der Waals surface area contributed by atoms with Crippen LogP contribution in [0.5, 0.6) is 5.75 Å². The zero-order valence-electron chi connectivity index (χ0n) is 20.9. The van der Waals surface area contributed by atoms with E-state index in [1.165, 1.54) is 0 Å². The Kier molecular flexibility index (Phi) is 6.44. The van der Waals surface area contributed by atoms with Crippen LogP contribution in [0.25, 0.3) is 22.4 Å². The molecule has 1 aromatic heterocycles. The zero-order valence-corrected chi connectivity index (χ0v) is 21.9. The minimum absolute atomic E-state index is 0.0904. The normalized spacial score (nSPS) is 15.1. The van der Waals surface area contributed by atoms with Crippen molar-refractivity contribution in [2.45, 2.75) is 57.2 Å². The maximum absolute atomic E-state index is 13.0. The molecule has 1 amide bonds. The van der Waals surface area contributed by atoms with E-state index < -0.39 is 13.7 Å². The van der Waals surface area contributed by atoms with Crippen molar-refractivity contribution in [3.8, 4) is 28.1 Å². The van der Waals surface area contributed by atoms with Gasteiger partial charge in [-0.1, -0.05) is 56.3 Å². The van der Waals surface area contributed by atoms with Crippen LogP contribution in [0.4, 0.5) is 0 Å². The molecule has 0 radical (unpaired) electrons. The summed E-state index contributed by atoms with van der Waals surface area (Å²) in [6.45, 7) is 11.3. The van der Waals surface area contributed by atoms with E-state index in [1.807, 2.05) is 54.6 Å². The van der Waals surface area contributed by atoms with Gasteiger partial charge in [0.1, 0.15) is 23.6 Å². The Hall–Kier alpha value is -2.90. The Balaban J connectivity index is 1.72. The lowest BCUT2D eigenvalue weighted by molar-refractivity contribution is -0.125. The van der Waals surface area contributed by atoms with E-state index in [2.05, 4.69) is 44.3 Å². The third kappa shape index (κ3) is 4.54. The highest BCUT2D eigenvalue weighted by atomic mass is 28.4. The Bertz CT molecular complexity index is 1140. The Morgan fingerprint density at radius 2 is 1.71 bits per heavy atom. The third-order valence-electron chi connectivity index (χ3n) is 7.06. The molecule has 1 fully saturated rings. The highest BCUT2D eigenvalue weighted by Crippen LogP contribution is 2.53. The van der Waals surface area contributed by atoms with Gasteiger partial charge in [0, 0.05) is 12.7 Å². The second kappa shape index (κ2) is 9.04. The molecule has 0 aliphatic heterocycles. The van der Waals surface area contributed by atoms with Crippen LogP contribution in [0.3, 0.4) is 0 Å². The quantitative estimate of drug-likeness (QED) is 0.311. The van der Waals surface area contributed by atoms with Gasteiger partial charge in [-0.2, -0.15) is 0 Å². The van der Waals surface area contributed by atoms with Gasteiger partial charge in [-0.25, -0.2) is 0 Å². The molecule has 6 nitrogen and oxygen atoms in total. The second-order valence-corrected chi connectivity index (χ2v) is 15.2. The van der Waals surface area contributed by atoms with Gasteiger partial charge in [-0.05, 0) is 60.8 Å². The molecule has 0 saturated heterocycles. The molecule has 3 aromatic rings. The lowest BCUT2D eigenvalue weighted by atomic mass is 9.91. The van der Waals surface area contributed by atoms with Crippen molar-refractivity contribution in [2.75, 3.05) is 13.8 Å². The molecule has 7 heteroatoms. The molecule has 34 heavy (non-hydrogen) atoms. The van der Waals surface area contributed by atoms with Gasteiger partial charge in [0.05, 0.1) is 5.56 Å². The van der Waals surface area contributed by atoms with E-state index in [9.17, 15) is 4.79 Å². The van der Waals surface area contributed by atoms with E-state index in [4.69, 9.17) is 13.7 Å². The summed E-state index contributed by atoms with van der Waals surface area (Å²) >= 11 is 0. The largest absolute Gasteiger partial charge is 0.544 e. The Morgan fingerprint density at radius 1 is 1.06 bits per heavy atom. The summed E-state index contributed by atoms with van der Waals surface area (Å²) in [6, 6.07) is 18.0. The first kappa shape index (κ1) is 24.2. The van der Waals surface area contributed by atoms with Crippen LogP contribution < -0.4 is 9.74 Å². The third-order valence-corrected chi connectivity index (χ3v) is 11.4. The summed E-state index contributed by atoms with van der Waals surface area (Å²) < 4.78 is 17.4. The number of ether oxygens (including phenoxy) is 1. The molecule has 1 N–H and O–H groups in total. The smallest absolute Gasteiger partial charge is 0.250 e. The highest BCUT2D eigenvalue weighted by Gasteiger charge is 2.56. The number of methoxy groups -OCH3 is 1. The van der Waals surface area contributed by atoms with Crippen LogP contribution >= 0.6 is 0 Å². The van der Waals surface area contributed by atoms with Crippen molar-refractivity contribution in [1.82, 2.24) is 10.5 Å². The number of nitrogens with zero attached hydrogens (tertiary/aromatic N) is 1. The number of rotatable bonds is 8. The maximum atomic E-state index is 13.0. The van der Waals surface area contributed by atoms with Crippen molar-refractivity contribution in [2.24, 2.45) is 0 Å². The number of carbonyl (C=O) groups excluding carboxylic acids is 1. The van der Waals surface area contributed by atoms with Crippen LogP contribution in [0.2, 0.25) is 18.1 Å². The van der Waals surface area contributed by atoms with Gasteiger partial charge < -0.3 is 19.0 Å². The molecule has 1 saturated carbocycles. The number of benzene rings is 2. The monoisotopic (exact) mass is 478 g/mol. The molecule has 0 bridgehead atoms. The molecular formula is C27H34N2O4Si. The van der Waals surface area contributed by atoms with Crippen LogP contribution in [0.15, 0.2) is 59.1 Å². The van der Waals surface area contributed by atoms with Gasteiger partial charge in [0.25, 0.3) is 0 Å². The average Bonchev–Trinajstić information content (AvgIpc) is 3.49. The predicted molar refractivity (Wildman–Crippen MR) is 136 cm³/mol. The first-order valence-electron chi connectivity index (χ1n) is 11.7. The number of hydrogen-bond donors (Lipinski definition) is 1. The summed E-state index contributed by atoms with van der Waals surface area (Å²) in [7, 11) is -0.375. The molecule has 1 aliphatic rings. The first-order chi connectivity index (χ1) is 16.1. The fourth-order valence-electron chi connectivity index (χ4n) is 3.80. The minimum Gasteiger partial charge on any atom is -0.544 e. The number of nitrogens with one attached hydrogen (secondary N) is 1. The lowest BCUT2D eigenvalue weighted by Crippen LogP contribution is -2.43. The molecule has 4 rings (SSSR count). The zero-order chi connectivity index (χ0) is 24.6. The van der Waals surface area contributed by atoms with E-state index in [1.54, 1.807) is 7.11 Å². The maximum Gasteiger partial charge on any atom is 0.250 e. The summed E-state index contributed by atoms with van der Waals surface area (Å²) in [4.78, 5) is 13.0. The Labute approximate surface area is 202 Å². The highest BCUT2D eigenvalue weighted by molar-refractivity contribution is 6.74. The topological polar surface area (TPSA) is 73.6 Å². The molecule has 0 spiro atoms. The summed E-state index contributed by atoms with van der Waals surface area (Å²) in [5.74, 6) is 1.38. The van der Waals surface area contributed by atoms with Crippen LogP contribution in [0, 0.1) is 0 Å². The van der Waals surface area contributed by atoms with Crippen LogP contribution in [-0.4, -0.2) is 33.2 Å². The molecule has 0 unspecified atom stereocenters. The number of aromatic nitrogens is 1. The van der Waals surface area contributed by atoms with Gasteiger partial charge in [0.15, 0.2) is 5.76 Å². The summed E-state index contributed by atoms with van der Waals surface area (Å²) in [5, 5.41) is 7.42. The predicted octanol–water partition coefficient (Wildman–Crippen LogP) is 6.14. The number of amides is 1. The van der Waals surface area contributed by atoms with E-state index in [-0.39, 0.29) is 17.7 Å². The van der Waals surface area contributed by atoms with Crippen LogP contribution in [-0.2, 0) is 14.9 Å². The van der Waals surface area contributed by atoms with Gasteiger partial charge in [0.2, 0.25) is 14.2 Å². The number of hydrogen-bond acceptors (Lipinski definition) is 5. The molecular weight excluding hydrogens is 444 g/mol. The first-order valence-corrected chi connectivity index (χ1v) is 14.6. The SMILES string of the molecule is COCNC(=O)C1(c2onc(-c3ccc(O[Si](C)(C)C(C)(C)C)cc3)c2-c2ccccc2)CC1. The molecule has 2 aromatic carbocycles. The minimum atomic E-state index is -1.93. The van der Waals surface area contributed by atoms with Gasteiger partial charge in [-0.3, -0.25) is 4.79 Å². The van der Waals surface area contributed by atoms with Crippen LogP contribution in [0.1, 0.15) is 39.4 Å². The average molecular weight is 479 g/mol. The fourth-order valence-corrected chi connectivity index (χ4v) is 4.84. The Morgan fingerprint density at radius 3 is 2.26 bits per heavy atom. The molecule has 1 aliphatic carbocycles. The summed E-state index contributed by atoms with van der Waals surface area (Å²) in [5.41, 5.74) is 2.78. The molecule has 0 atom stereocenters. The van der Waals surface area contributed by atoms with Gasteiger partial charge >= 0.3 is 0 Å². The standard InChI is InChI=1S/C27H34N2O4Si/c1-26(2,3)34(5,6)33-21-14-12-20(13-15-21)23-22(19-10-8-7-9-11-19)24(32-29-23)27(16-17-27)25(30)28-18-31-4/h7-15H,16-18H2,1-6H3,(H,28,30). The van der Waals surface area contributed by atoms with E-state index >= 15 is 0 Å². The van der Waals surface area contributed by atoms with Crippen molar-refractivity contribution in [1.29, 1.82) is 0 Å². The second-order valence-electron chi connectivity index (χ2n) is 10.5. The van der Waals surface area contributed by atoms with Crippen molar-refractivity contribution in [3.63, 3.8) is 0 Å². The molecule has 180 valence electrons. The van der Waals surface area contributed by atoms with Crippen molar-refractivity contribution >= 4 is 14.2 Å².